The second-order valence-corrected chi connectivity index (χ2v) is 6.13. The molecule has 0 aromatic carbocycles. The Bertz CT molecular complexity index is 567. The van der Waals surface area contributed by atoms with Gasteiger partial charge in [-0.3, -0.25) is 9.59 Å². The Labute approximate surface area is 128 Å². The lowest BCUT2D eigenvalue weighted by Crippen LogP contribution is -2.37. The van der Waals surface area contributed by atoms with E-state index in [1.807, 2.05) is 13.8 Å². The van der Waals surface area contributed by atoms with Crippen LogP contribution in [0.2, 0.25) is 5.02 Å². The minimum Gasteiger partial charge on any atom is -0.370 e. The van der Waals surface area contributed by atoms with Crippen LogP contribution in [0.3, 0.4) is 0 Å². The molecule has 0 aliphatic heterocycles. The van der Waals surface area contributed by atoms with Gasteiger partial charge in [0.2, 0.25) is 5.91 Å². The Morgan fingerprint density at radius 3 is 2.81 bits per heavy atom. The molecule has 0 unspecified atom stereocenters. The van der Waals surface area contributed by atoms with Crippen LogP contribution in [0.5, 0.6) is 0 Å². The molecular weight excluding hydrogens is 292 g/mol. The highest BCUT2D eigenvalue weighted by Gasteiger charge is 2.20. The van der Waals surface area contributed by atoms with Crippen LogP contribution in [0.25, 0.3) is 0 Å². The van der Waals surface area contributed by atoms with Gasteiger partial charge in [-0.25, -0.2) is 4.68 Å². The highest BCUT2D eigenvalue weighted by molar-refractivity contribution is 6.33. The fraction of sp³-hybridized carbons (Fsp3) is 0.643. The molecule has 7 heteroatoms. The van der Waals surface area contributed by atoms with E-state index in [1.54, 1.807) is 0 Å². The van der Waals surface area contributed by atoms with E-state index in [-0.39, 0.29) is 34.8 Å². The molecule has 1 aliphatic carbocycles. The fourth-order valence-corrected chi connectivity index (χ4v) is 2.41. The second kappa shape index (κ2) is 6.93. The van der Waals surface area contributed by atoms with Crippen molar-refractivity contribution < 1.29 is 4.79 Å². The largest absolute Gasteiger partial charge is 0.370 e. The first-order valence-corrected chi connectivity index (χ1v) is 7.64. The molecule has 0 radical (unpaired) electrons. The summed E-state index contributed by atoms with van der Waals surface area (Å²) in [4.78, 5) is 23.9. The van der Waals surface area contributed by atoms with Gasteiger partial charge in [0.15, 0.2) is 0 Å². The van der Waals surface area contributed by atoms with Crippen molar-refractivity contribution in [2.45, 2.75) is 45.7 Å². The predicted octanol–water partition coefficient (Wildman–Crippen LogP) is 1.63. The van der Waals surface area contributed by atoms with E-state index >= 15 is 0 Å². The van der Waals surface area contributed by atoms with Gasteiger partial charge >= 0.3 is 0 Å². The van der Waals surface area contributed by atoms with Gasteiger partial charge in [-0.05, 0) is 32.6 Å². The molecule has 116 valence electrons. The maximum atomic E-state index is 12.3. The number of amides is 1. The van der Waals surface area contributed by atoms with E-state index in [0.29, 0.717) is 12.5 Å². The van der Waals surface area contributed by atoms with Crippen LogP contribution in [0.1, 0.15) is 33.1 Å². The molecule has 1 heterocycles. The summed E-state index contributed by atoms with van der Waals surface area (Å²) >= 11 is 6.01. The van der Waals surface area contributed by atoms with Crippen LogP contribution >= 0.6 is 11.6 Å². The number of halogens is 1. The molecule has 1 aromatic rings. The summed E-state index contributed by atoms with van der Waals surface area (Å²) < 4.78 is 1.43. The lowest BCUT2D eigenvalue weighted by Gasteiger charge is -2.25. The zero-order chi connectivity index (χ0) is 15.4. The van der Waals surface area contributed by atoms with Gasteiger partial charge in [-0.2, -0.15) is 5.10 Å². The first kappa shape index (κ1) is 15.8. The lowest BCUT2D eigenvalue weighted by atomic mass is 9.85. The quantitative estimate of drug-likeness (QED) is 0.837. The third-order valence-electron chi connectivity index (χ3n) is 3.53. The SMILES string of the molecule is CC(C)NC(=O)CNc1c(Cl)cnn(CC2CCC2)c1=O. The average molecular weight is 313 g/mol. The van der Waals surface area contributed by atoms with E-state index in [2.05, 4.69) is 15.7 Å². The Kier molecular flexibility index (Phi) is 5.22. The number of hydrogen-bond donors (Lipinski definition) is 2. The van der Waals surface area contributed by atoms with Gasteiger partial charge in [-0.15, -0.1) is 0 Å². The number of carbonyl (C=O) groups is 1. The molecule has 2 N–H and O–H groups in total. The molecule has 1 amide bonds. The van der Waals surface area contributed by atoms with Gasteiger partial charge in [0.25, 0.3) is 5.56 Å². The van der Waals surface area contributed by atoms with Gasteiger partial charge in [-0.1, -0.05) is 18.0 Å². The minimum atomic E-state index is -0.272. The molecule has 6 nitrogen and oxygen atoms in total. The van der Waals surface area contributed by atoms with Gasteiger partial charge in [0.05, 0.1) is 17.8 Å². The summed E-state index contributed by atoms with van der Waals surface area (Å²) in [7, 11) is 0. The monoisotopic (exact) mass is 312 g/mol. The Hall–Kier alpha value is -1.56. The number of carbonyl (C=O) groups excluding carboxylic acids is 1. The Balaban J connectivity index is 2.05. The molecule has 1 aliphatic rings. The van der Waals surface area contributed by atoms with Crippen molar-refractivity contribution in [3.8, 4) is 0 Å². The molecule has 0 atom stereocenters. The topological polar surface area (TPSA) is 76.0 Å². The van der Waals surface area contributed by atoms with Crippen molar-refractivity contribution in [2.75, 3.05) is 11.9 Å². The molecule has 21 heavy (non-hydrogen) atoms. The smallest absolute Gasteiger partial charge is 0.291 e. The minimum absolute atomic E-state index is 0.0145. The first-order valence-electron chi connectivity index (χ1n) is 7.26. The van der Waals surface area contributed by atoms with Crippen LogP contribution in [0.15, 0.2) is 11.0 Å². The molecule has 1 fully saturated rings. The summed E-state index contributed by atoms with van der Waals surface area (Å²) in [6.07, 6.45) is 4.93. The maximum Gasteiger partial charge on any atom is 0.291 e. The van der Waals surface area contributed by atoms with E-state index < -0.39 is 0 Å². The molecule has 2 rings (SSSR count). The Morgan fingerprint density at radius 2 is 2.24 bits per heavy atom. The lowest BCUT2D eigenvalue weighted by molar-refractivity contribution is -0.119. The molecule has 0 saturated heterocycles. The van der Waals surface area contributed by atoms with Crippen molar-refractivity contribution in [1.82, 2.24) is 15.1 Å². The summed E-state index contributed by atoms with van der Waals surface area (Å²) in [5.41, 5.74) is -0.0309. The van der Waals surface area contributed by atoms with Crippen LogP contribution < -0.4 is 16.2 Å². The highest BCUT2D eigenvalue weighted by atomic mass is 35.5. The van der Waals surface area contributed by atoms with Gasteiger partial charge in [0, 0.05) is 12.6 Å². The Morgan fingerprint density at radius 1 is 1.52 bits per heavy atom. The molecule has 0 spiro atoms. The van der Waals surface area contributed by atoms with Crippen LogP contribution in [0, 0.1) is 5.92 Å². The zero-order valence-corrected chi connectivity index (χ0v) is 13.1. The molecule has 1 saturated carbocycles. The van der Waals surface area contributed by atoms with Crippen molar-refractivity contribution in [2.24, 2.45) is 5.92 Å². The zero-order valence-electron chi connectivity index (χ0n) is 12.4. The number of rotatable bonds is 6. The molecule has 1 aromatic heterocycles. The molecule has 0 bridgehead atoms. The van der Waals surface area contributed by atoms with E-state index in [0.717, 1.165) is 12.8 Å². The van der Waals surface area contributed by atoms with E-state index in [9.17, 15) is 9.59 Å². The number of nitrogens with one attached hydrogen (secondary N) is 2. The average Bonchev–Trinajstić information content (AvgIpc) is 2.34. The third kappa shape index (κ3) is 4.20. The second-order valence-electron chi connectivity index (χ2n) is 5.73. The number of anilines is 1. The van der Waals surface area contributed by atoms with Gasteiger partial charge < -0.3 is 10.6 Å². The van der Waals surface area contributed by atoms with Crippen LogP contribution in [-0.4, -0.2) is 28.3 Å². The number of nitrogens with zero attached hydrogens (tertiary/aromatic N) is 2. The van der Waals surface area contributed by atoms with Crippen LogP contribution in [-0.2, 0) is 11.3 Å². The highest BCUT2D eigenvalue weighted by Crippen LogP contribution is 2.27. The van der Waals surface area contributed by atoms with Crippen LogP contribution in [0.4, 0.5) is 5.69 Å². The summed E-state index contributed by atoms with van der Waals surface area (Å²) in [6.45, 7) is 4.38. The summed E-state index contributed by atoms with van der Waals surface area (Å²) in [6, 6.07) is 0.0579. The van der Waals surface area contributed by atoms with E-state index in [4.69, 9.17) is 11.6 Å². The normalized spacial score (nSPS) is 14.9. The van der Waals surface area contributed by atoms with Crippen molar-refractivity contribution in [3.05, 3.63) is 21.6 Å². The predicted molar refractivity (Wildman–Crippen MR) is 82.6 cm³/mol. The molecular formula is C14H21ClN4O2. The fourth-order valence-electron chi connectivity index (χ4n) is 2.22. The van der Waals surface area contributed by atoms with Gasteiger partial charge in [0.1, 0.15) is 5.69 Å². The van der Waals surface area contributed by atoms with Crippen molar-refractivity contribution in [3.63, 3.8) is 0 Å². The van der Waals surface area contributed by atoms with Crippen molar-refractivity contribution >= 4 is 23.2 Å². The standard InChI is InChI=1S/C14H21ClN4O2/c1-9(2)18-12(20)7-16-13-11(15)6-17-19(14(13)21)8-10-4-3-5-10/h6,9-10,16H,3-5,7-8H2,1-2H3,(H,18,20). The number of hydrogen-bond acceptors (Lipinski definition) is 4. The maximum absolute atomic E-state index is 12.3. The summed E-state index contributed by atoms with van der Waals surface area (Å²) in [5, 5.41) is 9.87. The third-order valence-corrected chi connectivity index (χ3v) is 3.82. The van der Waals surface area contributed by atoms with Crippen molar-refractivity contribution in [1.29, 1.82) is 0 Å². The number of aromatic nitrogens is 2. The summed E-state index contributed by atoms with van der Waals surface area (Å²) in [5.74, 6) is 0.344. The van der Waals surface area contributed by atoms with E-state index in [1.165, 1.54) is 17.3 Å². The first-order chi connectivity index (χ1) is 9.97.